The minimum atomic E-state index is -0.509. The molecule has 3 aromatic carbocycles. The van der Waals surface area contributed by atoms with Crippen molar-refractivity contribution in [2.45, 2.75) is 24.7 Å². The Morgan fingerprint density at radius 1 is 0.875 bits per heavy atom. The molecule has 2 aliphatic heterocycles. The molecule has 0 spiro atoms. The summed E-state index contributed by atoms with van der Waals surface area (Å²) < 4.78 is 10.9. The molecule has 0 saturated carbocycles. The van der Waals surface area contributed by atoms with Crippen molar-refractivity contribution in [3.63, 3.8) is 0 Å². The number of hydrogen-bond acceptors (Lipinski definition) is 4. The van der Waals surface area contributed by atoms with Gasteiger partial charge in [0.05, 0.1) is 17.5 Å². The smallest absolute Gasteiger partial charge is 0.238 e. The van der Waals surface area contributed by atoms with Crippen LogP contribution in [-0.2, 0) is 15.0 Å². The number of rotatable bonds is 2. The van der Waals surface area contributed by atoms with E-state index in [1.54, 1.807) is 18.2 Å². The van der Waals surface area contributed by atoms with Gasteiger partial charge in [0.1, 0.15) is 0 Å². The van der Waals surface area contributed by atoms with Crippen molar-refractivity contribution in [2.75, 3.05) is 11.7 Å². The lowest BCUT2D eigenvalue weighted by atomic mass is 9.46. The molecule has 0 N–H and O–H groups in total. The number of carbonyl (C=O) groups excluding carboxylic acids is 2. The highest BCUT2D eigenvalue weighted by atomic mass is 16.7. The first-order valence-corrected chi connectivity index (χ1v) is 11.1. The number of carbonyl (C=O) groups is 2. The van der Waals surface area contributed by atoms with E-state index < -0.39 is 17.3 Å². The standard InChI is InChI=1S/C27H21NO4/c1-2-27-18-9-5-3-7-16(18)22(17-8-4-6-10-19(17)27)23-24(27)26(30)28(25(23)29)15-11-12-20-21(13-15)32-14-31-20/h3-13,22-24H,2,14H2,1H3. The van der Waals surface area contributed by atoms with E-state index in [9.17, 15) is 9.59 Å². The number of fused-ring (bicyclic) bond motifs is 1. The SMILES string of the molecule is CCC12c3ccccc3C(c3ccccc31)C1C(=O)N(c3ccc4c(c3)OCO4)C(=O)C12. The second-order valence-electron chi connectivity index (χ2n) is 9.03. The second-order valence-corrected chi connectivity index (χ2v) is 9.03. The van der Waals surface area contributed by atoms with Crippen molar-refractivity contribution in [2.24, 2.45) is 11.8 Å². The van der Waals surface area contributed by atoms with E-state index in [2.05, 4.69) is 31.2 Å². The zero-order chi connectivity index (χ0) is 21.6. The summed E-state index contributed by atoms with van der Waals surface area (Å²) in [5, 5.41) is 0. The lowest BCUT2D eigenvalue weighted by molar-refractivity contribution is -0.123. The van der Waals surface area contributed by atoms with Crippen LogP contribution in [0, 0.1) is 11.8 Å². The van der Waals surface area contributed by atoms with Crippen LogP contribution in [0.1, 0.15) is 41.5 Å². The monoisotopic (exact) mass is 423 g/mol. The molecule has 1 fully saturated rings. The Morgan fingerprint density at radius 3 is 2.22 bits per heavy atom. The van der Waals surface area contributed by atoms with Crippen LogP contribution in [0.25, 0.3) is 0 Å². The number of anilines is 1. The Labute approximate surface area is 185 Å². The van der Waals surface area contributed by atoms with Gasteiger partial charge in [-0.15, -0.1) is 0 Å². The van der Waals surface area contributed by atoms with Crippen molar-refractivity contribution in [3.05, 3.63) is 89.0 Å². The summed E-state index contributed by atoms with van der Waals surface area (Å²) in [6, 6.07) is 22.0. The van der Waals surface area contributed by atoms with Gasteiger partial charge in [0.2, 0.25) is 18.6 Å². The van der Waals surface area contributed by atoms with E-state index in [0.717, 1.165) is 6.42 Å². The largest absolute Gasteiger partial charge is 0.454 e. The molecule has 32 heavy (non-hydrogen) atoms. The van der Waals surface area contributed by atoms with Gasteiger partial charge in [-0.25, -0.2) is 4.90 Å². The van der Waals surface area contributed by atoms with E-state index in [4.69, 9.17) is 9.47 Å². The lowest BCUT2D eigenvalue weighted by Crippen LogP contribution is -2.53. The van der Waals surface area contributed by atoms with E-state index >= 15 is 0 Å². The molecule has 2 atom stereocenters. The average molecular weight is 423 g/mol. The summed E-state index contributed by atoms with van der Waals surface area (Å²) in [6.45, 7) is 2.29. The number of nitrogens with zero attached hydrogens (tertiary/aromatic N) is 1. The molecule has 2 bridgehead atoms. The van der Waals surface area contributed by atoms with Crippen LogP contribution >= 0.6 is 0 Å². The average Bonchev–Trinajstić information content (AvgIpc) is 3.41. The van der Waals surface area contributed by atoms with Gasteiger partial charge >= 0.3 is 0 Å². The maximum Gasteiger partial charge on any atom is 0.238 e. The molecular formula is C27H21NO4. The van der Waals surface area contributed by atoms with Crippen LogP contribution in [0.5, 0.6) is 11.5 Å². The van der Waals surface area contributed by atoms with E-state index in [1.165, 1.54) is 27.2 Å². The minimum Gasteiger partial charge on any atom is -0.454 e. The van der Waals surface area contributed by atoms with Crippen LogP contribution in [0.3, 0.4) is 0 Å². The zero-order valence-electron chi connectivity index (χ0n) is 17.6. The van der Waals surface area contributed by atoms with Crippen LogP contribution in [0.15, 0.2) is 66.7 Å². The van der Waals surface area contributed by atoms with Crippen LogP contribution in [-0.4, -0.2) is 18.6 Å². The molecule has 3 aromatic rings. The predicted octanol–water partition coefficient (Wildman–Crippen LogP) is 4.38. The van der Waals surface area contributed by atoms with Crippen molar-refractivity contribution < 1.29 is 19.1 Å². The third-order valence-corrected chi connectivity index (χ3v) is 7.97. The minimum absolute atomic E-state index is 0.115. The first-order chi connectivity index (χ1) is 15.7. The Kier molecular flexibility index (Phi) is 3.38. The molecule has 5 nitrogen and oxygen atoms in total. The van der Waals surface area contributed by atoms with Gasteiger partial charge in [-0.3, -0.25) is 9.59 Å². The van der Waals surface area contributed by atoms with Gasteiger partial charge in [0, 0.05) is 17.4 Å². The highest BCUT2D eigenvalue weighted by molar-refractivity contribution is 6.23. The second kappa shape index (κ2) is 6.00. The fraction of sp³-hybridized carbons (Fsp3) is 0.259. The molecule has 2 unspecified atom stereocenters. The van der Waals surface area contributed by atoms with Gasteiger partial charge in [-0.2, -0.15) is 0 Å². The topological polar surface area (TPSA) is 55.8 Å². The third-order valence-electron chi connectivity index (χ3n) is 7.97. The van der Waals surface area contributed by atoms with Gasteiger partial charge < -0.3 is 9.47 Å². The summed E-state index contributed by atoms with van der Waals surface area (Å²) in [4.78, 5) is 29.4. The molecule has 5 aliphatic rings. The maximum atomic E-state index is 14.1. The number of amides is 2. The van der Waals surface area contributed by atoms with E-state index in [1.807, 2.05) is 24.3 Å². The molecule has 5 heteroatoms. The number of hydrogen-bond donors (Lipinski definition) is 0. The summed E-state index contributed by atoms with van der Waals surface area (Å²) in [6.07, 6.45) is 0.753. The van der Waals surface area contributed by atoms with Gasteiger partial charge in [-0.05, 0) is 40.8 Å². The quantitative estimate of drug-likeness (QED) is 0.574. The first-order valence-electron chi connectivity index (χ1n) is 11.1. The highest BCUT2D eigenvalue weighted by Crippen LogP contribution is 2.65. The van der Waals surface area contributed by atoms with Crippen molar-refractivity contribution >= 4 is 17.5 Å². The lowest BCUT2D eigenvalue weighted by Gasteiger charge is -2.54. The fourth-order valence-corrected chi connectivity index (χ4v) is 6.81. The van der Waals surface area contributed by atoms with Crippen molar-refractivity contribution in [1.82, 2.24) is 0 Å². The molecule has 3 aliphatic carbocycles. The van der Waals surface area contributed by atoms with Gasteiger partial charge in [-0.1, -0.05) is 55.5 Å². The predicted molar refractivity (Wildman–Crippen MR) is 118 cm³/mol. The molecule has 2 amide bonds. The van der Waals surface area contributed by atoms with Crippen molar-refractivity contribution in [3.8, 4) is 11.5 Å². The normalized spacial score (nSPS) is 28.5. The first kappa shape index (κ1) is 18.0. The number of ether oxygens (including phenoxy) is 2. The van der Waals surface area contributed by atoms with Crippen molar-refractivity contribution in [1.29, 1.82) is 0 Å². The van der Waals surface area contributed by atoms with E-state index in [-0.39, 0.29) is 24.5 Å². The zero-order valence-corrected chi connectivity index (χ0v) is 17.6. The summed E-state index contributed by atoms with van der Waals surface area (Å²) >= 11 is 0. The molecule has 1 saturated heterocycles. The number of imide groups is 1. The van der Waals surface area contributed by atoms with Crippen LogP contribution in [0.2, 0.25) is 0 Å². The summed E-state index contributed by atoms with van der Waals surface area (Å²) in [5.74, 6) is 0.0301. The summed E-state index contributed by atoms with van der Waals surface area (Å²) in [5.41, 5.74) is 4.80. The van der Waals surface area contributed by atoms with E-state index in [0.29, 0.717) is 17.2 Å². The van der Waals surface area contributed by atoms with Gasteiger partial charge in [0.15, 0.2) is 11.5 Å². The third kappa shape index (κ3) is 1.91. The molecule has 0 radical (unpaired) electrons. The molecule has 0 aromatic heterocycles. The molecule has 2 heterocycles. The Balaban J connectivity index is 1.47. The Bertz CT molecular complexity index is 1280. The molecular weight excluding hydrogens is 402 g/mol. The summed E-state index contributed by atoms with van der Waals surface area (Å²) in [7, 11) is 0. The number of benzene rings is 3. The van der Waals surface area contributed by atoms with Crippen LogP contribution < -0.4 is 14.4 Å². The van der Waals surface area contributed by atoms with Gasteiger partial charge in [0.25, 0.3) is 0 Å². The fourth-order valence-electron chi connectivity index (χ4n) is 6.81. The molecule has 158 valence electrons. The molecule has 8 rings (SSSR count). The maximum absolute atomic E-state index is 14.1. The Morgan fingerprint density at radius 2 is 1.53 bits per heavy atom. The van der Waals surface area contributed by atoms with Crippen LogP contribution in [0.4, 0.5) is 5.69 Å². The highest BCUT2D eigenvalue weighted by Gasteiger charge is 2.67. The Hall–Kier alpha value is -3.60.